The Hall–Kier alpha value is -1.84. The molecule has 1 atom stereocenters. The van der Waals surface area contributed by atoms with E-state index in [2.05, 4.69) is 27.7 Å². The second-order valence-corrected chi connectivity index (χ2v) is 9.09. The minimum atomic E-state index is -1.17. The van der Waals surface area contributed by atoms with Crippen LogP contribution in [-0.4, -0.2) is 22.2 Å². The number of carboxylic acids is 2. The first-order valence-corrected chi connectivity index (χ1v) is 11.9. The highest BCUT2D eigenvalue weighted by Crippen LogP contribution is 2.29. The van der Waals surface area contributed by atoms with Crippen LogP contribution < -0.4 is 0 Å². The Balaban J connectivity index is 2.55. The summed E-state index contributed by atoms with van der Waals surface area (Å²) in [5.74, 6) is -1.27. The molecule has 2 N–H and O–H groups in total. The van der Waals surface area contributed by atoms with Crippen LogP contribution in [0.4, 0.5) is 0 Å². The molecule has 0 saturated carbocycles. The molecule has 0 aliphatic heterocycles. The second-order valence-electron chi connectivity index (χ2n) is 9.09. The van der Waals surface area contributed by atoms with Crippen LogP contribution in [0.15, 0.2) is 12.1 Å². The molecule has 4 nitrogen and oxygen atoms in total. The average molecular weight is 419 g/mol. The first-order chi connectivity index (χ1) is 14.3. The maximum absolute atomic E-state index is 11.9. The largest absolute Gasteiger partial charge is 0.478 e. The summed E-state index contributed by atoms with van der Waals surface area (Å²) < 4.78 is 0. The lowest BCUT2D eigenvalue weighted by atomic mass is 9.85. The van der Waals surface area contributed by atoms with Gasteiger partial charge in [0.05, 0.1) is 11.1 Å². The number of benzene rings is 1. The Labute approximate surface area is 183 Å². The Kier molecular flexibility index (Phi) is 12.4. The van der Waals surface area contributed by atoms with Gasteiger partial charge in [0.1, 0.15) is 0 Å². The van der Waals surface area contributed by atoms with Crippen LogP contribution in [0.25, 0.3) is 0 Å². The fourth-order valence-corrected chi connectivity index (χ4v) is 4.13. The van der Waals surface area contributed by atoms with Crippen molar-refractivity contribution in [2.24, 2.45) is 5.92 Å². The molecule has 0 aliphatic carbocycles. The van der Waals surface area contributed by atoms with E-state index >= 15 is 0 Å². The highest BCUT2D eigenvalue weighted by atomic mass is 16.4. The zero-order chi connectivity index (χ0) is 22.5. The molecule has 170 valence electrons. The number of unbranched alkanes of at least 4 members (excludes halogenated alkanes) is 8. The highest BCUT2D eigenvalue weighted by Gasteiger charge is 2.24. The molecule has 0 aromatic heterocycles. The fraction of sp³-hybridized carbons (Fsp3) is 0.692. The predicted molar refractivity (Wildman–Crippen MR) is 124 cm³/mol. The van der Waals surface area contributed by atoms with Crippen molar-refractivity contribution in [3.05, 3.63) is 34.4 Å². The van der Waals surface area contributed by atoms with Crippen molar-refractivity contribution >= 4 is 11.9 Å². The van der Waals surface area contributed by atoms with Gasteiger partial charge in [-0.05, 0) is 48.3 Å². The molecule has 1 aromatic carbocycles. The van der Waals surface area contributed by atoms with Gasteiger partial charge in [-0.15, -0.1) is 0 Å². The standard InChI is InChI=1S/C26H42O4/c1-5-20(4)21-17-18-23(25(27)28)24(26(29)30)22(21)16-14-12-10-8-6-7-9-11-13-15-19(2)3/h17-20H,5-16H2,1-4H3,(H,27,28)(H,29,30). The van der Waals surface area contributed by atoms with E-state index in [1.165, 1.54) is 51.0 Å². The Morgan fingerprint density at radius 3 is 1.80 bits per heavy atom. The van der Waals surface area contributed by atoms with Crippen LogP contribution >= 0.6 is 0 Å². The molecule has 30 heavy (non-hydrogen) atoms. The van der Waals surface area contributed by atoms with Gasteiger partial charge in [0.15, 0.2) is 0 Å². The molecule has 1 rings (SSSR count). The highest BCUT2D eigenvalue weighted by molar-refractivity contribution is 6.03. The van der Waals surface area contributed by atoms with Gasteiger partial charge in [0, 0.05) is 0 Å². The summed E-state index contributed by atoms with van der Waals surface area (Å²) in [7, 11) is 0. The number of hydrogen-bond donors (Lipinski definition) is 2. The lowest BCUT2D eigenvalue weighted by molar-refractivity contribution is 0.0650. The summed E-state index contributed by atoms with van der Waals surface area (Å²) in [5.41, 5.74) is 1.60. The molecule has 0 saturated heterocycles. The Morgan fingerprint density at radius 1 is 0.800 bits per heavy atom. The minimum Gasteiger partial charge on any atom is -0.478 e. The van der Waals surface area contributed by atoms with Gasteiger partial charge < -0.3 is 10.2 Å². The zero-order valence-electron chi connectivity index (χ0n) is 19.5. The molecule has 0 bridgehead atoms. The van der Waals surface area contributed by atoms with E-state index in [9.17, 15) is 19.8 Å². The lowest BCUT2D eigenvalue weighted by Gasteiger charge is -2.19. The van der Waals surface area contributed by atoms with E-state index in [-0.39, 0.29) is 17.0 Å². The summed E-state index contributed by atoms with van der Waals surface area (Å²) in [4.78, 5) is 23.4. The van der Waals surface area contributed by atoms with Crippen molar-refractivity contribution < 1.29 is 19.8 Å². The molecule has 0 amide bonds. The average Bonchev–Trinajstić information content (AvgIpc) is 2.70. The van der Waals surface area contributed by atoms with E-state index < -0.39 is 11.9 Å². The van der Waals surface area contributed by atoms with Crippen LogP contribution in [0.1, 0.15) is 136 Å². The Bertz CT molecular complexity index is 663. The quantitative estimate of drug-likeness (QED) is 0.270. The number of hydrogen-bond acceptors (Lipinski definition) is 2. The number of rotatable bonds is 16. The third-order valence-electron chi connectivity index (χ3n) is 6.14. The molecular formula is C26H42O4. The normalized spacial score (nSPS) is 12.3. The van der Waals surface area contributed by atoms with Crippen LogP contribution in [0, 0.1) is 5.92 Å². The topological polar surface area (TPSA) is 74.6 Å². The third-order valence-corrected chi connectivity index (χ3v) is 6.14. The Morgan fingerprint density at radius 2 is 1.33 bits per heavy atom. The molecule has 0 aliphatic rings. The first-order valence-electron chi connectivity index (χ1n) is 11.9. The number of carboxylic acid groups (broad SMARTS) is 2. The predicted octanol–water partition coefficient (Wildman–Crippen LogP) is 7.70. The molecule has 0 fully saturated rings. The maximum Gasteiger partial charge on any atom is 0.336 e. The van der Waals surface area contributed by atoms with E-state index in [0.29, 0.717) is 6.42 Å². The third kappa shape index (κ3) is 8.89. The second kappa shape index (κ2) is 14.2. The number of aromatic carboxylic acids is 2. The van der Waals surface area contributed by atoms with Gasteiger partial charge in [-0.3, -0.25) is 0 Å². The van der Waals surface area contributed by atoms with Gasteiger partial charge in [-0.25, -0.2) is 9.59 Å². The summed E-state index contributed by atoms with van der Waals surface area (Å²) >= 11 is 0. The maximum atomic E-state index is 11.9. The monoisotopic (exact) mass is 418 g/mol. The molecule has 0 heterocycles. The van der Waals surface area contributed by atoms with Crippen LogP contribution in [-0.2, 0) is 6.42 Å². The van der Waals surface area contributed by atoms with Gasteiger partial charge >= 0.3 is 11.9 Å². The molecule has 0 radical (unpaired) electrons. The molecule has 0 spiro atoms. The molecular weight excluding hydrogens is 376 g/mol. The minimum absolute atomic E-state index is 0.0123. The summed E-state index contributed by atoms with van der Waals surface area (Å²) in [6.45, 7) is 8.71. The van der Waals surface area contributed by atoms with Crippen molar-refractivity contribution in [3.8, 4) is 0 Å². The van der Waals surface area contributed by atoms with Crippen molar-refractivity contribution in [1.82, 2.24) is 0 Å². The van der Waals surface area contributed by atoms with Crippen LogP contribution in [0.3, 0.4) is 0 Å². The fourth-order valence-electron chi connectivity index (χ4n) is 4.13. The summed E-state index contributed by atoms with van der Waals surface area (Å²) in [6.07, 6.45) is 13.8. The summed E-state index contributed by atoms with van der Waals surface area (Å²) in [6, 6.07) is 3.27. The van der Waals surface area contributed by atoms with E-state index in [1.54, 1.807) is 0 Å². The smallest absolute Gasteiger partial charge is 0.336 e. The van der Waals surface area contributed by atoms with Crippen molar-refractivity contribution in [3.63, 3.8) is 0 Å². The molecule has 1 unspecified atom stereocenters. The van der Waals surface area contributed by atoms with Crippen molar-refractivity contribution in [1.29, 1.82) is 0 Å². The lowest BCUT2D eigenvalue weighted by Crippen LogP contribution is -2.15. The van der Waals surface area contributed by atoms with Crippen LogP contribution in [0.5, 0.6) is 0 Å². The van der Waals surface area contributed by atoms with Crippen molar-refractivity contribution in [2.45, 2.75) is 111 Å². The summed E-state index contributed by atoms with van der Waals surface area (Å²) in [5, 5.41) is 19.1. The SMILES string of the molecule is CCC(C)c1ccc(C(=O)O)c(C(=O)O)c1CCCCCCCCCCCC(C)C. The van der Waals surface area contributed by atoms with Gasteiger partial charge in [-0.1, -0.05) is 91.5 Å². The van der Waals surface area contributed by atoms with E-state index in [4.69, 9.17) is 0 Å². The van der Waals surface area contributed by atoms with Crippen molar-refractivity contribution in [2.75, 3.05) is 0 Å². The molecule has 1 aromatic rings. The van der Waals surface area contributed by atoms with Gasteiger partial charge in [0.2, 0.25) is 0 Å². The van der Waals surface area contributed by atoms with Crippen LogP contribution in [0.2, 0.25) is 0 Å². The van der Waals surface area contributed by atoms with E-state index in [1.807, 2.05) is 6.07 Å². The van der Waals surface area contributed by atoms with E-state index in [0.717, 1.165) is 42.7 Å². The zero-order valence-corrected chi connectivity index (χ0v) is 19.5. The molecule has 4 heteroatoms. The van der Waals surface area contributed by atoms with Gasteiger partial charge in [0.25, 0.3) is 0 Å². The van der Waals surface area contributed by atoms with Gasteiger partial charge in [-0.2, -0.15) is 0 Å². The number of carbonyl (C=O) groups is 2. The first kappa shape index (κ1) is 26.2.